The van der Waals surface area contributed by atoms with E-state index >= 15 is 0 Å². The van der Waals surface area contributed by atoms with Gasteiger partial charge in [0.25, 0.3) is 0 Å². The second-order valence-corrected chi connectivity index (χ2v) is 2.44. The summed E-state index contributed by atoms with van der Waals surface area (Å²) in [5.41, 5.74) is 3.86. The molecule has 14 heavy (non-hydrogen) atoms. The van der Waals surface area contributed by atoms with Gasteiger partial charge in [-0.15, -0.1) is 0 Å². The van der Waals surface area contributed by atoms with Gasteiger partial charge in [-0.25, -0.2) is 0 Å². The molecule has 8 heteroatoms. The number of hydrogen-bond donors (Lipinski definition) is 2. The molecule has 0 amide bonds. The van der Waals surface area contributed by atoms with Crippen molar-refractivity contribution in [2.45, 2.75) is 13.1 Å². The Bertz CT molecular complexity index is 236. The van der Waals surface area contributed by atoms with Crippen molar-refractivity contribution in [1.82, 2.24) is 10.9 Å². The summed E-state index contributed by atoms with van der Waals surface area (Å²) in [7, 11) is 1.02. The van der Waals surface area contributed by atoms with E-state index in [4.69, 9.17) is 11.6 Å². The van der Waals surface area contributed by atoms with E-state index < -0.39 is 12.0 Å². The Kier molecular flexibility index (Phi) is 5.29. The molecule has 0 radical (unpaired) electrons. The quantitative estimate of drug-likeness (QED) is 0.309. The highest BCUT2D eigenvalue weighted by molar-refractivity contribution is 6.64. The predicted molar refractivity (Wildman–Crippen MR) is 49.5 cm³/mol. The Morgan fingerprint density at radius 3 is 2.29 bits per heavy atom. The summed E-state index contributed by atoms with van der Waals surface area (Å²) in [6.07, 6.45) is -4.54. The molecule has 0 saturated carbocycles. The largest absolute Gasteiger partial charge is 0.450 e. The smallest absolute Gasteiger partial charge is 0.278 e. The Morgan fingerprint density at radius 2 is 1.93 bits per heavy atom. The van der Waals surface area contributed by atoms with Gasteiger partial charge in [-0.3, -0.25) is 20.8 Å². The SMILES string of the molecule is CCN=C(Cl)NNC(=NC)C(F)(F)F. The molecule has 0 heterocycles. The van der Waals surface area contributed by atoms with Crippen LogP contribution in [0.4, 0.5) is 13.2 Å². The van der Waals surface area contributed by atoms with Gasteiger partial charge in [0.1, 0.15) is 0 Å². The number of nitrogens with zero attached hydrogens (tertiary/aromatic N) is 2. The zero-order chi connectivity index (χ0) is 11.2. The van der Waals surface area contributed by atoms with Crippen LogP contribution in [0, 0.1) is 0 Å². The Morgan fingerprint density at radius 1 is 1.36 bits per heavy atom. The summed E-state index contributed by atoms with van der Waals surface area (Å²) in [6, 6.07) is 0. The molecule has 0 aliphatic carbocycles. The maximum absolute atomic E-state index is 12.0. The van der Waals surface area contributed by atoms with Crippen molar-refractivity contribution in [3.8, 4) is 0 Å². The van der Waals surface area contributed by atoms with Gasteiger partial charge in [-0.2, -0.15) is 13.2 Å². The summed E-state index contributed by atoms with van der Waals surface area (Å²) < 4.78 is 36.1. The minimum absolute atomic E-state index is 0.155. The van der Waals surface area contributed by atoms with Crippen LogP contribution in [0.5, 0.6) is 0 Å². The average molecular weight is 231 g/mol. The van der Waals surface area contributed by atoms with Gasteiger partial charge in [0.2, 0.25) is 11.1 Å². The Hall–Kier alpha value is -0.980. The Labute approximate surface area is 84.2 Å². The van der Waals surface area contributed by atoms with Crippen molar-refractivity contribution in [2.24, 2.45) is 9.98 Å². The number of halogens is 4. The van der Waals surface area contributed by atoms with Crippen molar-refractivity contribution in [3.05, 3.63) is 0 Å². The average Bonchev–Trinajstić information content (AvgIpc) is 2.03. The van der Waals surface area contributed by atoms with E-state index in [0.29, 0.717) is 6.54 Å². The van der Waals surface area contributed by atoms with E-state index in [0.717, 1.165) is 7.05 Å². The maximum Gasteiger partial charge on any atom is 0.450 e. The standard InChI is InChI=1S/C6H10ClF3N4/c1-3-12-5(7)14-13-4(11-2)6(8,9)10/h3H2,1-2H3,(H,11,13)(H,12,14). The lowest BCUT2D eigenvalue weighted by molar-refractivity contribution is -0.0622. The van der Waals surface area contributed by atoms with Crippen LogP contribution in [0.2, 0.25) is 0 Å². The minimum Gasteiger partial charge on any atom is -0.278 e. The first kappa shape index (κ1) is 13.0. The maximum atomic E-state index is 12.0. The minimum atomic E-state index is -4.54. The van der Waals surface area contributed by atoms with Crippen molar-refractivity contribution in [2.75, 3.05) is 13.6 Å². The van der Waals surface area contributed by atoms with Gasteiger partial charge in [0.05, 0.1) is 0 Å². The van der Waals surface area contributed by atoms with Crippen molar-refractivity contribution >= 4 is 22.7 Å². The lowest BCUT2D eigenvalue weighted by Gasteiger charge is -2.12. The molecule has 4 nitrogen and oxygen atoms in total. The summed E-state index contributed by atoms with van der Waals surface area (Å²) in [5.74, 6) is -1.16. The third-order valence-corrected chi connectivity index (χ3v) is 1.29. The molecule has 2 N–H and O–H groups in total. The summed E-state index contributed by atoms with van der Waals surface area (Å²) in [5, 5.41) is -0.155. The molecule has 0 rings (SSSR count). The molecule has 0 fully saturated rings. The van der Waals surface area contributed by atoms with Gasteiger partial charge in [0, 0.05) is 13.6 Å². The highest BCUT2D eigenvalue weighted by Gasteiger charge is 2.35. The van der Waals surface area contributed by atoms with E-state index in [-0.39, 0.29) is 5.29 Å². The molecule has 0 aliphatic rings. The van der Waals surface area contributed by atoms with Gasteiger partial charge >= 0.3 is 6.18 Å². The van der Waals surface area contributed by atoms with Gasteiger partial charge < -0.3 is 0 Å². The molecule has 0 saturated heterocycles. The monoisotopic (exact) mass is 230 g/mol. The fraction of sp³-hybridized carbons (Fsp3) is 0.667. The highest BCUT2D eigenvalue weighted by Crippen LogP contribution is 2.14. The molecule has 0 aromatic heterocycles. The van der Waals surface area contributed by atoms with Gasteiger partial charge in [-0.1, -0.05) is 0 Å². The number of rotatable bonds is 1. The molecule has 0 aromatic carbocycles. The fourth-order valence-corrected chi connectivity index (χ4v) is 0.709. The van der Waals surface area contributed by atoms with Crippen LogP contribution >= 0.6 is 11.6 Å². The normalized spacial score (nSPS) is 14.1. The van der Waals surface area contributed by atoms with Crippen molar-refractivity contribution < 1.29 is 13.2 Å². The third-order valence-electron chi connectivity index (χ3n) is 1.07. The van der Waals surface area contributed by atoms with Gasteiger partial charge in [0.15, 0.2) is 0 Å². The third kappa shape index (κ3) is 4.90. The molecular formula is C6H10ClF3N4. The fourth-order valence-electron chi connectivity index (χ4n) is 0.543. The summed E-state index contributed by atoms with van der Waals surface area (Å²) in [6.45, 7) is 2.07. The molecule has 82 valence electrons. The topological polar surface area (TPSA) is 48.8 Å². The van der Waals surface area contributed by atoms with E-state index in [2.05, 4.69) is 15.4 Å². The molecule has 0 unspecified atom stereocenters. The van der Waals surface area contributed by atoms with Crippen LogP contribution in [0.3, 0.4) is 0 Å². The van der Waals surface area contributed by atoms with Crippen LogP contribution < -0.4 is 10.9 Å². The lowest BCUT2D eigenvalue weighted by Crippen LogP contribution is -2.46. The summed E-state index contributed by atoms with van der Waals surface area (Å²) in [4.78, 5) is 6.59. The van der Waals surface area contributed by atoms with Gasteiger partial charge in [-0.05, 0) is 18.5 Å². The second kappa shape index (κ2) is 5.69. The first-order valence-electron chi connectivity index (χ1n) is 3.67. The zero-order valence-electron chi connectivity index (χ0n) is 7.61. The van der Waals surface area contributed by atoms with Crippen LogP contribution in [0.15, 0.2) is 9.98 Å². The molecule has 0 spiro atoms. The number of alkyl halides is 3. The number of hydrogen-bond acceptors (Lipinski definition) is 2. The number of nitrogens with one attached hydrogen (secondary N) is 2. The lowest BCUT2D eigenvalue weighted by atomic mass is 10.6. The molecule has 0 bridgehead atoms. The molecule has 0 atom stereocenters. The number of amidine groups is 2. The molecule has 0 aliphatic heterocycles. The van der Waals surface area contributed by atoms with E-state index in [1.54, 1.807) is 12.3 Å². The first-order valence-corrected chi connectivity index (χ1v) is 4.05. The van der Waals surface area contributed by atoms with E-state index in [1.165, 1.54) is 0 Å². The Balaban J connectivity index is 4.19. The summed E-state index contributed by atoms with van der Waals surface area (Å²) >= 11 is 5.39. The van der Waals surface area contributed by atoms with Crippen molar-refractivity contribution in [3.63, 3.8) is 0 Å². The van der Waals surface area contributed by atoms with Crippen LogP contribution in [0.1, 0.15) is 6.92 Å². The van der Waals surface area contributed by atoms with Crippen LogP contribution in [0.25, 0.3) is 0 Å². The van der Waals surface area contributed by atoms with E-state index in [1.807, 2.05) is 0 Å². The highest BCUT2D eigenvalue weighted by atomic mass is 35.5. The van der Waals surface area contributed by atoms with Crippen LogP contribution in [-0.4, -0.2) is 30.9 Å². The molecular weight excluding hydrogens is 221 g/mol. The van der Waals surface area contributed by atoms with Crippen molar-refractivity contribution in [1.29, 1.82) is 0 Å². The molecule has 0 aromatic rings. The second-order valence-electron chi connectivity index (χ2n) is 2.09. The van der Waals surface area contributed by atoms with Crippen LogP contribution in [-0.2, 0) is 0 Å². The number of aliphatic imine (C=N–C) groups is 2. The number of hydrazine groups is 1. The predicted octanol–water partition coefficient (Wildman–Crippen LogP) is 1.29. The zero-order valence-corrected chi connectivity index (χ0v) is 8.37. The van der Waals surface area contributed by atoms with E-state index in [9.17, 15) is 13.2 Å². The first-order chi connectivity index (χ1) is 6.41.